The number of fused-ring (bicyclic) bond motifs is 1. The summed E-state index contributed by atoms with van der Waals surface area (Å²) in [7, 11) is -4.30. The maximum atomic E-state index is 12.8. The van der Waals surface area contributed by atoms with Crippen molar-refractivity contribution < 1.29 is 21.6 Å². The van der Waals surface area contributed by atoms with Gasteiger partial charge in [0.15, 0.2) is 0 Å². The molecule has 1 aromatic heterocycles. The average molecular weight is 387 g/mol. The molecule has 3 rings (SSSR count). The van der Waals surface area contributed by atoms with Crippen LogP contribution in [0, 0.1) is 0 Å². The molecule has 0 aliphatic heterocycles. The Balaban J connectivity index is 2.01. The number of nitrogens with zero attached hydrogens (tertiary/aromatic N) is 1. The van der Waals surface area contributed by atoms with Gasteiger partial charge in [-0.1, -0.05) is 17.7 Å². The van der Waals surface area contributed by atoms with Crippen LogP contribution in [0.3, 0.4) is 0 Å². The molecule has 1 heterocycles. The molecule has 0 unspecified atom stereocenters. The van der Waals surface area contributed by atoms with Crippen molar-refractivity contribution in [2.24, 2.45) is 0 Å². The number of hydrogen-bond donors (Lipinski definition) is 1. The Hall–Kier alpha value is -2.32. The number of benzene rings is 2. The standard InChI is InChI=1S/C16H10ClF3N2O2S/c17-13-5-3-11(16(18,19)20)9-15(13)25(23,24)22-12-4-6-14-10(8-12)2-1-7-21-14/h1-9,22H. The fourth-order valence-corrected chi connectivity index (χ4v) is 3.81. The lowest BCUT2D eigenvalue weighted by molar-refractivity contribution is -0.137. The number of pyridine rings is 1. The predicted octanol–water partition coefficient (Wildman–Crippen LogP) is 4.71. The van der Waals surface area contributed by atoms with Gasteiger partial charge in [-0.25, -0.2) is 8.42 Å². The molecule has 0 radical (unpaired) electrons. The summed E-state index contributed by atoms with van der Waals surface area (Å²) in [5.74, 6) is 0. The van der Waals surface area contributed by atoms with Crippen molar-refractivity contribution in [3.05, 3.63) is 65.3 Å². The number of nitrogens with one attached hydrogen (secondary N) is 1. The summed E-state index contributed by atoms with van der Waals surface area (Å²) < 4.78 is 65.6. The van der Waals surface area contributed by atoms with Gasteiger partial charge in [0.05, 0.1) is 16.1 Å². The minimum Gasteiger partial charge on any atom is -0.280 e. The van der Waals surface area contributed by atoms with E-state index in [2.05, 4.69) is 9.71 Å². The summed E-state index contributed by atoms with van der Waals surface area (Å²) in [5, 5.41) is 0.376. The molecule has 2 aromatic carbocycles. The van der Waals surface area contributed by atoms with Crippen molar-refractivity contribution in [2.75, 3.05) is 4.72 Å². The Morgan fingerprint density at radius 3 is 2.52 bits per heavy atom. The van der Waals surface area contributed by atoms with Crippen molar-refractivity contribution in [1.82, 2.24) is 4.98 Å². The molecule has 1 N–H and O–H groups in total. The second-order valence-electron chi connectivity index (χ2n) is 5.16. The second kappa shape index (κ2) is 6.20. The fraction of sp³-hybridized carbons (Fsp3) is 0.0625. The van der Waals surface area contributed by atoms with Crippen LogP contribution in [0.4, 0.5) is 18.9 Å². The molecule has 9 heteroatoms. The number of anilines is 1. The minimum atomic E-state index is -4.68. The van der Waals surface area contributed by atoms with Crippen LogP contribution in [0.1, 0.15) is 5.56 Å². The van der Waals surface area contributed by atoms with E-state index < -0.39 is 26.7 Å². The van der Waals surface area contributed by atoms with E-state index in [4.69, 9.17) is 11.6 Å². The molecular formula is C16H10ClF3N2O2S. The van der Waals surface area contributed by atoms with Gasteiger partial charge >= 0.3 is 6.18 Å². The summed E-state index contributed by atoms with van der Waals surface area (Å²) in [6.45, 7) is 0. The molecule has 25 heavy (non-hydrogen) atoms. The Morgan fingerprint density at radius 1 is 1.04 bits per heavy atom. The normalized spacial score (nSPS) is 12.3. The number of halogens is 4. The Bertz CT molecular complexity index is 1050. The maximum absolute atomic E-state index is 12.8. The number of sulfonamides is 1. The van der Waals surface area contributed by atoms with Crippen LogP contribution in [-0.2, 0) is 16.2 Å². The molecule has 0 saturated carbocycles. The van der Waals surface area contributed by atoms with Crippen LogP contribution in [-0.4, -0.2) is 13.4 Å². The number of alkyl halides is 3. The Labute approximate surface area is 146 Å². The minimum absolute atomic E-state index is 0.189. The van der Waals surface area contributed by atoms with Crippen LogP contribution in [0.25, 0.3) is 10.9 Å². The van der Waals surface area contributed by atoms with Crippen molar-refractivity contribution in [1.29, 1.82) is 0 Å². The molecule has 0 fully saturated rings. The third-order valence-electron chi connectivity index (χ3n) is 3.40. The third kappa shape index (κ3) is 3.69. The predicted molar refractivity (Wildman–Crippen MR) is 89.0 cm³/mol. The smallest absolute Gasteiger partial charge is 0.280 e. The lowest BCUT2D eigenvalue weighted by atomic mass is 10.2. The third-order valence-corrected chi connectivity index (χ3v) is 5.27. The zero-order valence-electron chi connectivity index (χ0n) is 12.4. The van der Waals surface area contributed by atoms with Gasteiger partial charge in [-0.05, 0) is 42.5 Å². The van der Waals surface area contributed by atoms with Gasteiger partial charge < -0.3 is 0 Å². The van der Waals surface area contributed by atoms with Gasteiger partial charge in [-0.2, -0.15) is 13.2 Å². The zero-order chi connectivity index (χ0) is 18.2. The highest BCUT2D eigenvalue weighted by Crippen LogP contribution is 2.34. The van der Waals surface area contributed by atoms with E-state index in [0.29, 0.717) is 17.0 Å². The number of hydrogen-bond acceptors (Lipinski definition) is 3. The van der Waals surface area contributed by atoms with Crippen molar-refractivity contribution >= 4 is 38.2 Å². The summed E-state index contributed by atoms with van der Waals surface area (Å²) in [5.41, 5.74) is -0.253. The van der Waals surface area contributed by atoms with Crippen molar-refractivity contribution in [3.63, 3.8) is 0 Å². The quantitative estimate of drug-likeness (QED) is 0.709. The molecule has 0 aliphatic rings. The highest BCUT2D eigenvalue weighted by atomic mass is 35.5. The Morgan fingerprint density at radius 2 is 1.80 bits per heavy atom. The molecule has 0 bridgehead atoms. The fourth-order valence-electron chi connectivity index (χ4n) is 2.23. The highest BCUT2D eigenvalue weighted by Gasteiger charge is 2.32. The second-order valence-corrected chi connectivity index (χ2v) is 7.22. The first-order valence-electron chi connectivity index (χ1n) is 6.91. The van der Waals surface area contributed by atoms with Crippen molar-refractivity contribution in [3.8, 4) is 0 Å². The number of aromatic nitrogens is 1. The molecule has 130 valence electrons. The molecule has 4 nitrogen and oxygen atoms in total. The van der Waals surface area contributed by atoms with Gasteiger partial charge in [0.2, 0.25) is 0 Å². The van der Waals surface area contributed by atoms with Crippen LogP contribution in [0.5, 0.6) is 0 Å². The first-order chi connectivity index (χ1) is 11.7. The van der Waals surface area contributed by atoms with E-state index in [1.54, 1.807) is 24.4 Å². The monoisotopic (exact) mass is 386 g/mol. The molecule has 3 aromatic rings. The molecule has 0 amide bonds. The molecule has 0 aliphatic carbocycles. The SMILES string of the molecule is O=S(=O)(Nc1ccc2ncccc2c1)c1cc(C(F)(F)F)ccc1Cl. The van der Waals surface area contributed by atoms with E-state index in [-0.39, 0.29) is 10.7 Å². The van der Waals surface area contributed by atoms with E-state index in [1.165, 1.54) is 12.1 Å². The topological polar surface area (TPSA) is 59.1 Å². The van der Waals surface area contributed by atoms with E-state index in [1.807, 2.05) is 0 Å². The highest BCUT2D eigenvalue weighted by molar-refractivity contribution is 7.92. The molecular weight excluding hydrogens is 377 g/mol. The van der Waals surface area contributed by atoms with E-state index >= 15 is 0 Å². The summed E-state index contributed by atoms with van der Waals surface area (Å²) in [6.07, 6.45) is -3.09. The average Bonchev–Trinajstić information content (AvgIpc) is 2.53. The van der Waals surface area contributed by atoms with Crippen molar-refractivity contribution in [2.45, 2.75) is 11.1 Å². The summed E-state index contributed by atoms with van der Waals surface area (Å²) in [6, 6.07) is 10.2. The van der Waals surface area contributed by atoms with Gasteiger partial charge in [0.1, 0.15) is 4.90 Å². The summed E-state index contributed by atoms with van der Waals surface area (Å²) in [4.78, 5) is 3.46. The van der Waals surface area contributed by atoms with Crippen LogP contribution in [0.15, 0.2) is 59.6 Å². The van der Waals surface area contributed by atoms with Gasteiger partial charge in [-0.3, -0.25) is 9.71 Å². The largest absolute Gasteiger partial charge is 0.416 e. The Kier molecular flexibility index (Phi) is 4.34. The molecule has 0 saturated heterocycles. The lowest BCUT2D eigenvalue weighted by Crippen LogP contribution is -2.15. The van der Waals surface area contributed by atoms with Gasteiger partial charge in [0.25, 0.3) is 10.0 Å². The zero-order valence-corrected chi connectivity index (χ0v) is 14.0. The first-order valence-corrected chi connectivity index (χ1v) is 8.77. The lowest BCUT2D eigenvalue weighted by Gasteiger charge is -2.13. The van der Waals surface area contributed by atoms with Crippen LogP contribution < -0.4 is 4.72 Å². The molecule has 0 atom stereocenters. The maximum Gasteiger partial charge on any atom is 0.416 e. The van der Waals surface area contributed by atoms with Crippen LogP contribution in [0.2, 0.25) is 5.02 Å². The first kappa shape index (κ1) is 17.5. The van der Waals surface area contributed by atoms with E-state index in [9.17, 15) is 21.6 Å². The van der Waals surface area contributed by atoms with Gasteiger partial charge in [-0.15, -0.1) is 0 Å². The number of rotatable bonds is 3. The van der Waals surface area contributed by atoms with Gasteiger partial charge in [0, 0.05) is 17.3 Å². The van der Waals surface area contributed by atoms with Crippen LogP contribution >= 0.6 is 11.6 Å². The molecule has 0 spiro atoms. The van der Waals surface area contributed by atoms with E-state index in [0.717, 1.165) is 12.1 Å². The summed E-state index contributed by atoms with van der Waals surface area (Å²) >= 11 is 5.80.